The average Bonchev–Trinajstić information content (AvgIpc) is 2.89. The zero-order chi connectivity index (χ0) is 26.6. The summed E-state index contributed by atoms with van der Waals surface area (Å²) in [6, 6.07) is 6.85. The number of benzene rings is 1. The van der Waals surface area contributed by atoms with E-state index in [4.69, 9.17) is 11.6 Å². The molecule has 0 spiro atoms. The van der Waals surface area contributed by atoms with E-state index in [1.807, 2.05) is 43.1 Å². The fraction of sp³-hybridized carbons (Fsp3) is 0.700. The highest BCUT2D eigenvalue weighted by atomic mass is 35.5. The number of halogens is 1. The van der Waals surface area contributed by atoms with Crippen LogP contribution in [-0.4, -0.2) is 66.7 Å². The van der Waals surface area contributed by atoms with Gasteiger partial charge in [-0.25, -0.2) is 0 Å². The van der Waals surface area contributed by atoms with Crippen molar-refractivity contribution in [3.63, 3.8) is 0 Å². The number of nitrogens with one attached hydrogen (secondary N) is 1. The third-order valence-electron chi connectivity index (χ3n) is 9.45. The van der Waals surface area contributed by atoms with E-state index >= 15 is 0 Å². The number of nitrogens with zero attached hydrogens (tertiary/aromatic N) is 2. The van der Waals surface area contributed by atoms with Crippen LogP contribution in [0.5, 0.6) is 0 Å². The maximum Gasteiger partial charge on any atom is 0.245 e. The lowest BCUT2D eigenvalue weighted by molar-refractivity contribution is -0.145. The van der Waals surface area contributed by atoms with Crippen molar-refractivity contribution in [2.45, 2.75) is 84.1 Å². The smallest absolute Gasteiger partial charge is 0.245 e. The Hall–Kier alpha value is -1.92. The van der Waals surface area contributed by atoms with Crippen LogP contribution in [0.2, 0.25) is 5.02 Å². The molecule has 2 saturated heterocycles. The van der Waals surface area contributed by atoms with Crippen LogP contribution in [0.4, 0.5) is 0 Å². The molecule has 1 aromatic carbocycles. The van der Waals surface area contributed by atoms with Crippen molar-refractivity contribution >= 4 is 29.2 Å². The Kier molecular flexibility index (Phi) is 9.00. The summed E-state index contributed by atoms with van der Waals surface area (Å²) in [5.41, 5.74) is 0.149. The summed E-state index contributed by atoms with van der Waals surface area (Å²) in [5.74, 6) is 0.621. The van der Waals surface area contributed by atoms with Crippen LogP contribution in [0.1, 0.15) is 77.2 Å². The summed E-state index contributed by atoms with van der Waals surface area (Å²) in [4.78, 5) is 44.4. The van der Waals surface area contributed by atoms with E-state index in [0.29, 0.717) is 37.0 Å². The van der Waals surface area contributed by atoms with E-state index in [-0.39, 0.29) is 23.0 Å². The molecule has 2 atom stereocenters. The first-order chi connectivity index (χ1) is 17.6. The maximum absolute atomic E-state index is 13.9. The monoisotopic (exact) mass is 529 g/mol. The number of hydrogen-bond donors (Lipinski definition) is 1. The van der Waals surface area contributed by atoms with Crippen molar-refractivity contribution in [2.24, 2.45) is 16.7 Å². The number of carbonyl (C=O) groups excluding carboxylic acids is 3. The van der Waals surface area contributed by atoms with Crippen LogP contribution in [0.3, 0.4) is 0 Å². The molecule has 37 heavy (non-hydrogen) atoms. The minimum atomic E-state index is -0.641. The molecule has 2 heterocycles. The van der Waals surface area contributed by atoms with Gasteiger partial charge in [0, 0.05) is 36.5 Å². The highest BCUT2D eigenvalue weighted by Gasteiger charge is 2.47. The molecule has 6 nitrogen and oxygen atoms in total. The van der Waals surface area contributed by atoms with Gasteiger partial charge in [0.1, 0.15) is 11.8 Å². The van der Waals surface area contributed by atoms with Gasteiger partial charge >= 0.3 is 0 Å². The highest BCUT2D eigenvalue weighted by Crippen LogP contribution is 2.46. The Morgan fingerprint density at radius 1 is 1.00 bits per heavy atom. The predicted octanol–water partition coefficient (Wildman–Crippen LogP) is 4.88. The Morgan fingerprint density at radius 3 is 2.24 bits per heavy atom. The molecule has 0 bridgehead atoms. The molecule has 7 heteroatoms. The zero-order valence-electron chi connectivity index (χ0n) is 22.9. The van der Waals surface area contributed by atoms with Crippen LogP contribution in [0, 0.1) is 16.7 Å². The van der Waals surface area contributed by atoms with E-state index in [1.54, 1.807) is 6.92 Å². The molecule has 2 amide bonds. The Morgan fingerprint density at radius 2 is 1.65 bits per heavy atom. The highest BCUT2D eigenvalue weighted by molar-refractivity contribution is 6.30. The lowest BCUT2D eigenvalue weighted by atomic mass is 9.62. The Labute approximate surface area is 227 Å². The van der Waals surface area contributed by atoms with Gasteiger partial charge in [-0.05, 0) is 89.6 Å². The van der Waals surface area contributed by atoms with Gasteiger partial charge in [-0.15, -0.1) is 0 Å². The quantitative estimate of drug-likeness (QED) is 0.546. The Bertz CT molecular complexity index is 967. The van der Waals surface area contributed by atoms with Crippen molar-refractivity contribution in [2.75, 3.05) is 33.2 Å². The van der Waals surface area contributed by atoms with Crippen LogP contribution < -0.4 is 5.32 Å². The summed E-state index contributed by atoms with van der Waals surface area (Å²) in [6.45, 7) is 6.57. The van der Waals surface area contributed by atoms with Gasteiger partial charge < -0.3 is 15.1 Å². The molecule has 0 aromatic heterocycles. The second-order valence-electron chi connectivity index (χ2n) is 12.1. The molecule has 1 N–H and O–H groups in total. The lowest BCUT2D eigenvalue weighted by Crippen LogP contribution is -2.58. The molecule has 4 rings (SSSR count). The summed E-state index contributed by atoms with van der Waals surface area (Å²) in [7, 11) is 2.04. The van der Waals surface area contributed by atoms with E-state index in [1.165, 1.54) is 19.3 Å². The van der Waals surface area contributed by atoms with Crippen LogP contribution >= 0.6 is 11.6 Å². The molecular weight excluding hydrogens is 486 g/mol. The third kappa shape index (κ3) is 6.39. The summed E-state index contributed by atoms with van der Waals surface area (Å²) < 4.78 is 0. The number of piperidine rings is 2. The second kappa shape index (κ2) is 11.9. The van der Waals surface area contributed by atoms with Crippen molar-refractivity contribution in [1.82, 2.24) is 15.1 Å². The molecule has 204 valence electrons. The number of likely N-dealkylation sites (tertiary alicyclic amines) is 2. The van der Waals surface area contributed by atoms with E-state index < -0.39 is 11.5 Å². The first-order valence-corrected chi connectivity index (χ1v) is 14.5. The largest absolute Gasteiger partial charge is 0.343 e. The van der Waals surface area contributed by atoms with Crippen LogP contribution in [0.25, 0.3) is 0 Å². The minimum Gasteiger partial charge on any atom is -0.343 e. The number of Topliss-reactive ketones (excluding diaryl/α,β-unsaturated/α-hetero) is 1. The van der Waals surface area contributed by atoms with Gasteiger partial charge in [0.2, 0.25) is 11.8 Å². The maximum atomic E-state index is 13.9. The van der Waals surface area contributed by atoms with Gasteiger partial charge in [-0.2, -0.15) is 0 Å². The standard InChI is InChI=1S/C30H44ClN3O3/c1-22(35)30(24-8-5-4-6-9-24)15-18-34(19-16-30)27(36)26(20-23-10-12-25(31)13-11-23)32-28(37)29(2)14-7-17-33(3)21-29/h10-13,24,26H,4-9,14-21H2,1-3H3,(H,32,37)/t26-,29?/m1/s1. The fourth-order valence-corrected chi connectivity index (χ4v) is 7.24. The van der Waals surface area contributed by atoms with Crippen molar-refractivity contribution in [1.29, 1.82) is 0 Å². The number of carbonyl (C=O) groups is 3. The summed E-state index contributed by atoms with van der Waals surface area (Å²) in [6.07, 6.45) is 9.56. The van der Waals surface area contributed by atoms with Gasteiger partial charge in [-0.1, -0.05) is 43.0 Å². The molecule has 1 aliphatic carbocycles. The molecular formula is C30H44ClN3O3. The molecule has 3 fully saturated rings. The first-order valence-electron chi connectivity index (χ1n) is 14.2. The fourth-order valence-electron chi connectivity index (χ4n) is 7.12. The third-order valence-corrected chi connectivity index (χ3v) is 9.70. The van der Waals surface area contributed by atoms with Crippen molar-refractivity contribution in [3.05, 3.63) is 34.9 Å². The SMILES string of the molecule is CC(=O)C1(C2CCCCC2)CCN(C(=O)[C@@H](Cc2ccc(Cl)cc2)NC(=O)C2(C)CCCN(C)C2)CC1. The topological polar surface area (TPSA) is 69.7 Å². The number of ketones is 1. The van der Waals surface area contributed by atoms with E-state index in [9.17, 15) is 14.4 Å². The van der Waals surface area contributed by atoms with Gasteiger partial charge in [-0.3, -0.25) is 14.4 Å². The summed E-state index contributed by atoms with van der Waals surface area (Å²) >= 11 is 6.09. The number of amides is 2. The molecule has 1 saturated carbocycles. The predicted molar refractivity (Wildman–Crippen MR) is 147 cm³/mol. The van der Waals surface area contributed by atoms with Crippen molar-refractivity contribution in [3.8, 4) is 0 Å². The molecule has 1 aromatic rings. The molecule has 0 radical (unpaired) electrons. The normalized spacial score (nSPS) is 25.9. The van der Waals surface area contributed by atoms with Gasteiger partial charge in [0.15, 0.2) is 0 Å². The van der Waals surface area contributed by atoms with Gasteiger partial charge in [0.25, 0.3) is 0 Å². The number of rotatable bonds is 7. The van der Waals surface area contributed by atoms with E-state index in [0.717, 1.165) is 50.6 Å². The average molecular weight is 530 g/mol. The van der Waals surface area contributed by atoms with Gasteiger partial charge in [0.05, 0.1) is 5.41 Å². The van der Waals surface area contributed by atoms with Crippen LogP contribution in [0.15, 0.2) is 24.3 Å². The second-order valence-corrected chi connectivity index (χ2v) is 12.6. The van der Waals surface area contributed by atoms with Crippen molar-refractivity contribution < 1.29 is 14.4 Å². The molecule has 3 aliphatic rings. The van der Waals surface area contributed by atoms with Crippen LogP contribution in [-0.2, 0) is 20.8 Å². The summed E-state index contributed by atoms with van der Waals surface area (Å²) in [5, 5.41) is 3.80. The Balaban J connectivity index is 1.49. The first kappa shape index (κ1) is 28.1. The number of hydrogen-bond acceptors (Lipinski definition) is 4. The molecule has 1 unspecified atom stereocenters. The minimum absolute atomic E-state index is 0.0446. The van der Waals surface area contributed by atoms with E-state index in [2.05, 4.69) is 10.2 Å². The molecule has 2 aliphatic heterocycles. The zero-order valence-corrected chi connectivity index (χ0v) is 23.6. The lowest BCUT2D eigenvalue weighted by Gasteiger charge is -2.47.